The van der Waals surface area contributed by atoms with Crippen molar-refractivity contribution in [3.05, 3.63) is 0 Å². The Morgan fingerprint density at radius 2 is 1.07 bits per heavy atom. The summed E-state index contributed by atoms with van der Waals surface area (Å²) in [7, 11) is 0. The summed E-state index contributed by atoms with van der Waals surface area (Å²) in [6.45, 7) is 6.73. The molecule has 0 heterocycles. The van der Waals surface area contributed by atoms with E-state index in [0.717, 1.165) is 0 Å². The zero-order valence-corrected chi connectivity index (χ0v) is 13.8. The maximum absolute atomic E-state index is 9.73. The molecule has 15 heavy (non-hydrogen) atoms. The summed E-state index contributed by atoms with van der Waals surface area (Å²) in [6, 6.07) is 0. The van der Waals surface area contributed by atoms with Gasteiger partial charge >= 0.3 is 121 Å². The Morgan fingerprint density at radius 3 is 1.07 bits per heavy atom. The van der Waals surface area contributed by atoms with Crippen LogP contribution >= 0.6 is 0 Å². The molecule has 0 amide bonds. The largest absolute Gasteiger partial charge is 2.00 e. The van der Waals surface area contributed by atoms with Crippen molar-refractivity contribution in [3.8, 4) is 0 Å². The van der Waals surface area contributed by atoms with Gasteiger partial charge in [0.1, 0.15) is 0 Å². The van der Waals surface area contributed by atoms with Gasteiger partial charge in [0.05, 0.1) is 0 Å². The van der Waals surface area contributed by atoms with E-state index in [1.807, 2.05) is 0 Å². The van der Waals surface area contributed by atoms with Crippen molar-refractivity contribution in [1.82, 2.24) is 0 Å². The summed E-state index contributed by atoms with van der Waals surface area (Å²) in [5.41, 5.74) is 0. The summed E-state index contributed by atoms with van der Waals surface area (Å²) in [5, 5.41) is 0. The molecule has 0 saturated heterocycles. The zero-order valence-electron chi connectivity index (χ0n) is 9.31. The van der Waals surface area contributed by atoms with Crippen molar-refractivity contribution in [2.75, 3.05) is 0 Å². The van der Waals surface area contributed by atoms with Crippen LogP contribution < -0.4 is 7.38 Å². The molecular formula is C6H14MgO6Ti2. The molecule has 0 rings (SSSR count). The van der Waals surface area contributed by atoms with E-state index in [-0.39, 0.29) is 35.3 Å². The average Bonchev–Trinajstić information content (AvgIpc) is 1.79. The topological polar surface area (TPSA) is 98.7 Å². The van der Waals surface area contributed by atoms with Crippen molar-refractivity contribution >= 4 is 23.1 Å². The summed E-state index contributed by atoms with van der Waals surface area (Å²) in [6.07, 6.45) is -0.352. The average molecular weight is 302 g/mol. The first-order valence-electron chi connectivity index (χ1n) is 4.01. The van der Waals surface area contributed by atoms with E-state index in [0.29, 0.717) is 0 Å². The first-order valence-corrected chi connectivity index (χ1v) is 7.83. The van der Waals surface area contributed by atoms with Gasteiger partial charge in [0.25, 0.3) is 0 Å². The molecule has 0 saturated carbocycles. The van der Waals surface area contributed by atoms with Crippen molar-refractivity contribution in [2.45, 2.75) is 39.9 Å². The minimum Gasteiger partial charge on any atom is 2.00 e. The van der Waals surface area contributed by atoms with Gasteiger partial charge in [-0.05, 0) is 0 Å². The minimum absolute atomic E-state index is 0. The van der Waals surface area contributed by atoms with E-state index in [1.165, 1.54) is 0 Å². The molecule has 0 aromatic rings. The Balaban J connectivity index is -0.000000180. The summed E-state index contributed by atoms with van der Waals surface area (Å²) < 4.78 is 47.5. The van der Waals surface area contributed by atoms with Crippen LogP contribution in [0.3, 0.4) is 0 Å². The van der Waals surface area contributed by atoms with Crippen LogP contribution in [0.15, 0.2) is 0 Å². The molecule has 0 spiro atoms. The second-order valence-electron chi connectivity index (χ2n) is 2.83. The third-order valence-electron chi connectivity index (χ3n) is 0.664. The summed E-state index contributed by atoms with van der Waals surface area (Å²) in [5.74, 6) is 0. The van der Waals surface area contributed by atoms with Crippen LogP contribution in [-0.4, -0.2) is 35.3 Å². The van der Waals surface area contributed by atoms with Crippen LogP contribution in [0.2, 0.25) is 0 Å². The van der Waals surface area contributed by atoms with E-state index in [4.69, 9.17) is 0 Å². The van der Waals surface area contributed by atoms with Gasteiger partial charge in [-0.15, -0.1) is 0 Å². The fraction of sp³-hybridized carbons (Fsp3) is 1.00. The van der Waals surface area contributed by atoms with Crippen molar-refractivity contribution in [3.63, 3.8) is 0 Å². The van der Waals surface area contributed by atoms with E-state index in [1.54, 1.807) is 27.7 Å². The maximum Gasteiger partial charge on any atom is 2.00 e. The predicted molar refractivity (Wildman–Crippen MR) is 39.6 cm³/mol. The van der Waals surface area contributed by atoms with E-state index < -0.39 is 37.2 Å². The monoisotopic (exact) mass is 302 g/mol. The van der Waals surface area contributed by atoms with Gasteiger partial charge in [-0.2, -0.15) is 0 Å². The Kier molecular flexibility index (Phi) is 20.0. The molecule has 0 atom stereocenters. The molecule has 0 bridgehead atoms. The molecule has 0 aromatic carbocycles. The molecule has 84 valence electrons. The fourth-order valence-corrected chi connectivity index (χ4v) is 1.59. The van der Waals surface area contributed by atoms with Crippen LogP contribution in [0, 0.1) is 0 Å². The molecule has 0 aliphatic heterocycles. The molecule has 0 aliphatic carbocycles. The van der Waals surface area contributed by atoms with Crippen LogP contribution in [0.5, 0.6) is 0 Å². The second-order valence-corrected chi connectivity index (χ2v) is 5.13. The molecule has 6 nitrogen and oxygen atoms in total. The standard InChI is InChI=1S/2C3H7O.Mg.4O.2Ti/c2*1-3(2)4;;;;;;;/h2*3H,1-2H3;;;;;;;/q2*-1;+2;;;2*-1;2*+1. The molecular weight excluding hydrogens is 288 g/mol. The van der Waals surface area contributed by atoms with Gasteiger partial charge in [0.15, 0.2) is 0 Å². The number of hydrogen-bond donors (Lipinski definition) is 0. The Hall–Kier alpha value is 1.63. The van der Waals surface area contributed by atoms with Gasteiger partial charge < -0.3 is 0 Å². The smallest absolute Gasteiger partial charge is 2.00 e. The second kappa shape index (κ2) is 13.7. The van der Waals surface area contributed by atoms with Crippen LogP contribution in [0.25, 0.3) is 0 Å². The Labute approximate surface area is 120 Å². The zero-order chi connectivity index (χ0) is 11.7. The molecule has 0 radical (unpaired) electrons. The Bertz CT molecular complexity index is 166. The van der Waals surface area contributed by atoms with Crippen LogP contribution in [0.4, 0.5) is 0 Å². The third-order valence-corrected chi connectivity index (χ3v) is 2.74. The van der Waals surface area contributed by atoms with E-state index in [2.05, 4.69) is 6.64 Å². The van der Waals surface area contributed by atoms with Crippen molar-refractivity contribution in [2.24, 2.45) is 0 Å². The predicted octanol–water partition coefficient (Wildman–Crippen LogP) is -1.25. The van der Waals surface area contributed by atoms with Gasteiger partial charge in [-0.25, -0.2) is 0 Å². The van der Waals surface area contributed by atoms with Gasteiger partial charge in [0.2, 0.25) is 0 Å². The SMILES string of the molecule is CC(C)[O][Ti](=[O])[O-].CC(C)[O][Ti](=[O])[O-].[Mg+2]. The summed E-state index contributed by atoms with van der Waals surface area (Å²) >= 11 is -6.90. The van der Waals surface area contributed by atoms with Crippen molar-refractivity contribution < 1.29 is 57.9 Å². The van der Waals surface area contributed by atoms with Gasteiger partial charge in [-0.1, -0.05) is 0 Å². The molecule has 0 N–H and O–H groups in total. The first-order chi connectivity index (χ1) is 6.25. The van der Waals surface area contributed by atoms with Gasteiger partial charge in [-0.3, -0.25) is 0 Å². The number of hydrogen-bond acceptors (Lipinski definition) is 6. The van der Waals surface area contributed by atoms with Gasteiger partial charge in [0, 0.05) is 0 Å². The molecule has 0 unspecified atom stereocenters. The quantitative estimate of drug-likeness (QED) is 0.602. The molecule has 0 aromatic heterocycles. The van der Waals surface area contributed by atoms with E-state index >= 15 is 0 Å². The first kappa shape index (κ1) is 21.9. The Morgan fingerprint density at radius 1 is 0.867 bits per heavy atom. The summed E-state index contributed by atoms with van der Waals surface area (Å²) in [4.78, 5) is 0. The van der Waals surface area contributed by atoms with E-state index in [9.17, 15) is 14.0 Å². The molecule has 9 heteroatoms. The number of rotatable bonds is 4. The normalized spacial score (nSPS) is 9.07. The molecule has 0 aliphatic rings. The minimum atomic E-state index is -3.45. The van der Waals surface area contributed by atoms with Crippen LogP contribution in [0.1, 0.15) is 27.7 Å². The fourth-order valence-electron chi connectivity index (χ4n) is 0.385. The van der Waals surface area contributed by atoms with Crippen molar-refractivity contribution in [1.29, 1.82) is 0 Å². The maximum atomic E-state index is 9.73. The molecule has 0 fully saturated rings. The third kappa shape index (κ3) is 31.3. The van der Waals surface area contributed by atoms with Crippen LogP contribution in [-0.2, 0) is 50.5 Å².